The Balaban J connectivity index is 1.36. The van der Waals surface area contributed by atoms with Gasteiger partial charge in [0.15, 0.2) is 0 Å². The summed E-state index contributed by atoms with van der Waals surface area (Å²) in [6.45, 7) is 6.87. The van der Waals surface area contributed by atoms with E-state index in [2.05, 4.69) is 48.5 Å². The highest BCUT2D eigenvalue weighted by atomic mass is 16.6. The van der Waals surface area contributed by atoms with Crippen molar-refractivity contribution >= 4 is 11.8 Å². The van der Waals surface area contributed by atoms with Gasteiger partial charge in [-0.15, -0.1) is 0 Å². The lowest BCUT2D eigenvalue weighted by Crippen LogP contribution is -2.35. The molecule has 0 radical (unpaired) electrons. The Morgan fingerprint density at radius 2 is 1.65 bits per heavy atom. The van der Waals surface area contributed by atoms with Crippen molar-refractivity contribution < 1.29 is 14.3 Å². The smallest absolute Gasteiger partial charge is 0.414 e. The van der Waals surface area contributed by atoms with Gasteiger partial charge < -0.3 is 9.47 Å². The first kappa shape index (κ1) is 21.0. The zero-order chi connectivity index (χ0) is 21.8. The molecule has 0 fully saturated rings. The Morgan fingerprint density at radius 1 is 0.935 bits per heavy atom. The van der Waals surface area contributed by atoms with E-state index in [9.17, 15) is 4.79 Å². The molecule has 0 atom stereocenters. The van der Waals surface area contributed by atoms with Crippen LogP contribution in [0.1, 0.15) is 31.9 Å². The number of anilines is 1. The fraction of sp³-hybridized carbons (Fsp3) is 0.296. The summed E-state index contributed by atoms with van der Waals surface area (Å²) in [5, 5.41) is 0. The second kappa shape index (κ2) is 8.84. The molecule has 3 aromatic carbocycles. The van der Waals surface area contributed by atoms with Crippen molar-refractivity contribution in [2.45, 2.75) is 39.2 Å². The van der Waals surface area contributed by atoms with Gasteiger partial charge in [0.1, 0.15) is 11.4 Å². The van der Waals surface area contributed by atoms with Gasteiger partial charge >= 0.3 is 6.09 Å². The maximum absolute atomic E-state index is 12.5. The first-order valence-corrected chi connectivity index (χ1v) is 10.8. The van der Waals surface area contributed by atoms with Crippen molar-refractivity contribution in [2.75, 3.05) is 18.1 Å². The van der Waals surface area contributed by atoms with E-state index in [1.807, 2.05) is 45.0 Å². The second-order valence-corrected chi connectivity index (χ2v) is 8.83. The predicted octanol–water partition coefficient (Wildman–Crippen LogP) is 6.27. The number of fused-ring (bicyclic) bond motifs is 1. The third-order valence-corrected chi connectivity index (χ3v) is 5.29. The molecule has 31 heavy (non-hydrogen) atoms. The molecule has 0 aromatic heterocycles. The number of carbonyl (C=O) groups excluding carboxylic acids is 1. The number of carbonyl (C=O) groups is 1. The number of hydrogen-bond acceptors (Lipinski definition) is 3. The molecule has 0 bridgehead atoms. The average Bonchev–Trinajstić information content (AvgIpc) is 3.17. The molecule has 0 aliphatic carbocycles. The maximum atomic E-state index is 12.5. The minimum atomic E-state index is -0.510. The lowest BCUT2D eigenvalue weighted by Gasteiger charge is -2.25. The maximum Gasteiger partial charge on any atom is 0.414 e. The van der Waals surface area contributed by atoms with Gasteiger partial charge in [0.25, 0.3) is 0 Å². The highest BCUT2D eigenvalue weighted by Crippen LogP contribution is 2.33. The predicted molar refractivity (Wildman–Crippen MR) is 125 cm³/mol. The van der Waals surface area contributed by atoms with E-state index in [-0.39, 0.29) is 6.09 Å². The molecule has 160 valence electrons. The molecule has 0 saturated heterocycles. The first-order chi connectivity index (χ1) is 14.9. The molecule has 1 heterocycles. The van der Waals surface area contributed by atoms with Gasteiger partial charge in [-0.25, -0.2) is 4.79 Å². The fourth-order valence-corrected chi connectivity index (χ4v) is 3.74. The van der Waals surface area contributed by atoms with Gasteiger partial charge in [-0.2, -0.15) is 0 Å². The molecular weight excluding hydrogens is 386 g/mol. The normalized spacial score (nSPS) is 13.1. The Labute approximate surface area is 184 Å². The van der Waals surface area contributed by atoms with E-state index in [0.29, 0.717) is 13.2 Å². The molecule has 1 aliphatic rings. The third-order valence-electron chi connectivity index (χ3n) is 5.29. The van der Waals surface area contributed by atoms with Gasteiger partial charge in [-0.05, 0) is 55.5 Å². The standard InChI is InChI=1S/C27H29NO3/c1-27(2,3)31-26(29)28-17-15-23-13-14-24(19-25(23)28)30-18-16-20-9-11-22(12-10-20)21-7-5-4-6-8-21/h4-14,19H,15-18H2,1-3H3. The van der Waals surface area contributed by atoms with Crippen LogP contribution in [0.4, 0.5) is 10.5 Å². The zero-order valence-corrected chi connectivity index (χ0v) is 18.4. The number of benzene rings is 3. The summed E-state index contributed by atoms with van der Waals surface area (Å²) in [5.41, 5.74) is 5.19. The summed E-state index contributed by atoms with van der Waals surface area (Å²) in [6.07, 6.45) is 1.35. The molecule has 0 N–H and O–H groups in total. The highest BCUT2D eigenvalue weighted by Gasteiger charge is 2.29. The monoisotopic (exact) mass is 415 g/mol. The zero-order valence-electron chi connectivity index (χ0n) is 18.4. The summed E-state index contributed by atoms with van der Waals surface area (Å²) < 4.78 is 11.5. The third kappa shape index (κ3) is 5.26. The van der Waals surface area contributed by atoms with Crippen LogP contribution in [0.25, 0.3) is 11.1 Å². The molecule has 4 rings (SSSR count). The summed E-state index contributed by atoms with van der Waals surface area (Å²) in [7, 11) is 0. The lowest BCUT2D eigenvalue weighted by atomic mass is 10.0. The van der Waals surface area contributed by atoms with Gasteiger partial charge in [0.2, 0.25) is 0 Å². The number of rotatable bonds is 5. The van der Waals surface area contributed by atoms with Crippen LogP contribution < -0.4 is 9.64 Å². The van der Waals surface area contributed by atoms with Crippen molar-refractivity contribution in [3.05, 3.63) is 83.9 Å². The minimum absolute atomic E-state index is 0.304. The number of ether oxygens (including phenoxy) is 2. The van der Waals surface area contributed by atoms with Crippen LogP contribution in [-0.2, 0) is 17.6 Å². The van der Waals surface area contributed by atoms with Crippen LogP contribution in [-0.4, -0.2) is 24.8 Å². The summed E-state index contributed by atoms with van der Waals surface area (Å²) in [4.78, 5) is 14.2. The van der Waals surface area contributed by atoms with Crippen molar-refractivity contribution in [3.8, 4) is 16.9 Å². The van der Waals surface area contributed by atoms with Crippen molar-refractivity contribution in [2.24, 2.45) is 0 Å². The molecule has 4 heteroatoms. The average molecular weight is 416 g/mol. The van der Waals surface area contributed by atoms with Crippen molar-refractivity contribution in [3.63, 3.8) is 0 Å². The molecule has 0 spiro atoms. The van der Waals surface area contributed by atoms with E-state index in [0.717, 1.165) is 29.8 Å². The summed E-state index contributed by atoms with van der Waals surface area (Å²) in [5.74, 6) is 0.773. The number of amides is 1. The Morgan fingerprint density at radius 3 is 2.35 bits per heavy atom. The molecule has 1 aliphatic heterocycles. The van der Waals surface area contributed by atoms with E-state index in [1.165, 1.54) is 16.7 Å². The Bertz CT molecular complexity index is 1040. The van der Waals surface area contributed by atoms with Crippen LogP contribution in [0.3, 0.4) is 0 Å². The highest BCUT2D eigenvalue weighted by molar-refractivity contribution is 5.90. The van der Waals surface area contributed by atoms with E-state index in [4.69, 9.17) is 9.47 Å². The van der Waals surface area contributed by atoms with Crippen LogP contribution in [0, 0.1) is 0 Å². The minimum Gasteiger partial charge on any atom is -0.493 e. The van der Waals surface area contributed by atoms with E-state index >= 15 is 0 Å². The van der Waals surface area contributed by atoms with Gasteiger partial charge in [-0.1, -0.05) is 60.7 Å². The van der Waals surface area contributed by atoms with Crippen LogP contribution in [0.15, 0.2) is 72.8 Å². The topological polar surface area (TPSA) is 38.8 Å². The van der Waals surface area contributed by atoms with Crippen molar-refractivity contribution in [1.29, 1.82) is 0 Å². The lowest BCUT2D eigenvalue weighted by molar-refractivity contribution is 0.0584. The van der Waals surface area contributed by atoms with Crippen LogP contribution in [0.5, 0.6) is 5.75 Å². The Kier molecular flexibility index (Phi) is 5.99. The van der Waals surface area contributed by atoms with Gasteiger partial charge in [0.05, 0.1) is 12.3 Å². The van der Waals surface area contributed by atoms with E-state index in [1.54, 1.807) is 4.90 Å². The van der Waals surface area contributed by atoms with Crippen LogP contribution >= 0.6 is 0 Å². The quantitative estimate of drug-likeness (QED) is 0.493. The molecule has 0 saturated carbocycles. The molecule has 3 aromatic rings. The first-order valence-electron chi connectivity index (χ1n) is 10.8. The van der Waals surface area contributed by atoms with E-state index < -0.39 is 5.60 Å². The van der Waals surface area contributed by atoms with Gasteiger partial charge in [0, 0.05) is 19.0 Å². The molecule has 0 unspecified atom stereocenters. The Hall–Kier alpha value is -3.27. The molecule has 4 nitrogen and oxygen atoms in total. The second-order valence-electron chi connectivity index (χ2n) is 8.83. The number of nitrogens with zero attached hydrogens (tertiary/aromatic N) is 1. The fourth-order valence-electron chi connectivity index (χ4n) is 3.74. The summed E-state index contributed by atoms with van der Waals surface area (Å²) in [6, 6.07) is 25.0. The SMILES string of the molecule is CC(C)(C)OC(=O)N1CCc2ccc(OCCc3ccc(-c4ccccc4)cc3)cc21. The van der Waals surface area contributed by atoms with Gasteiger partial charge in [-0.3, -0.25) is 4.90 Å². The largest absolute Gasteiger partial charge is 0.493 e. The molecule has 1 amide bonds. The molecular formula is C27H29NO3. The van der Waals surface area contributed by atoms with Crippen molar-refractivity contribution in [1.82, 2.24) is 0 Å². The number of hydrogen-bond donors (Lipinski definition) is 0. The summed E-state index contributed by atoms with van der Waals surface area (Å²) >= 11 is 0. The van der Waals surface area contributed by atoms with Crippen LogP contribution in [0.2, 0.25) is 0 Å².